The van der Waals surface area contributed by atoms with E-state index < -0.39 is 0 Å². The smallest absolute Gasteiger partial charge is 0.156 e. The molecule has 1 atom stereocenters. The van der Waals surface area contributed by atoms with Gasteiger partial charge in [0.05, 0.1) is 17.8 Å². The third kappa shape index (κ3) is 2.77. The molecule has 0 saturated carbocycles. The van der Waals surface area contributed by atoms with Crippen LogP contribution in [0.2, 0.25) is 0 Å². The molecular weight excluding hydrogens is 342 g/mol. The van der Waals surface area contributed by atoms with Crippen LogP contribution in [0.3, 0.4) is 0 Å². The first-order valence-electron chi connectivity index (χ1n) is 8.86. The second kappa shape index (κ2) is 6.35. The van der Waals surface area contributed by atoms with E-state index >= 15 is 0 Å². The Morgan fingerprint density at radius 1 is 1.19 bits per heavy atom. The standard InChI is InChI=1S/C18H19N9/c1-25(15-8-22-16(9-21-15)27-7-5-19-12-27)13-3-6-26(10-13)18-14-2-4-20-17(14)23-11-24-18/h2,4-5,7-9,11-13H,3,6,10H2,1H3,(H,20,23,24). The molecule has 0 aromatic carbocycles. The molecule has 1 unspecified atom stereocenters. The maximum atomic E-state index is 4.58. The van der Waals surface area contributed by atoms with Gasteiger partial charge in [0, 0.05) is 44.8 Å². The van der Waals surface area contributed by atoms with Gasteiger partial charge in [-0.25, -0.2) is 24.9 Å². The largest absolute Gasteiger partial charge is 0.354 e. The average Bonchev–Trinajstić information content (AvgIpc) is 3.48. The molecule has 0 radical (unpaired) electrons. The van der Waals surface area contributed by atoms with Gasteiger partial charge >= 0.3 is 0 Å². The molecule has 4 aromatic heterocycles. The van der Waals surface area contributed by atoms with Gasteiger partial charge in [-0.2, -0.15) is 0 Å². The lowest BCUT2D eigenvalue weighted by Gasteiger charge is -2.26. The van der Waals surface area contributed by atoms with Crippen LogP contribution in [0.4, 0.5) is 11.6 Å². The van der Waals surface area contributed by atoms with E-state index in [2.05, 4.69) is 46.8 Å². The summed E-state index contributed by atoms with van der Waals surface area (Å²) in [5, 5.41) is 1.06. The molecule has 5 rings (SSSR count). The topological polar surface area (TPSA) is 91.7 Å². The van der Waals surface area contributed by atoms with Crippen LogP contribution in [0, 0.1) is 0 Å². The normalized spacial score (nSPS) is 16.9. The van der Waals surface area contributed by atoms with Crippen molar-refractivity contribution in [3.8, 4) is 5.82 Å². The molecule has 0 bridgehead atoms. The van der Waals surface area contributed by atoms with Crippen molar-refractivity contribution in [3.63, 3.8) is 0 Å². The monoisotopic (exact) mass is 361 g/mol. The predicted octanol–water partition coefficient (Wildman–Crippen LogP) is 1.65. The van der Waals surface area contributed by atoms with Crippen LogP contribution in [0.25, 0.3) is 16.9 Å². The van der Waals surface area contributed by atoms with Crippen molar-refractivity contribution in [1.29, 1.82) is 0 Å². The van der Waals surface area contributed by atoms with Gasteiger partial charge in [0.15, 0.2) is 5.82 Å². The van der Waals surface area contributed by atoms with E-state index in [-0.39, 0.29) is 0 Å². The number of fused-ring (bicyclic) bond motifs is 1. The summed E-state index contributed by atoms with van der Waals surface area (Å²) in [6.07, 6.45) is 13.4. The summed E-state index contributed by atoms with van der Waals surface area (Å²) in [6, 6.07) is 2.38. The first-order valence-corrected chi connectivity index (χ1v) is 8.86. The molecular formula is C18H19N9. The van der Waals surface area contributed by atoms with Crippen LogP contribution < -0.4 is 9.80 Å². The van der Waals surface area contributed by atoms with Crippen molar-refractivity contribution < 1.29 is 0 Å². The Balaban J connectivity index is 1.33. The first kappa shape index (κ1) is 15.7. The Bertz CT molecular complexity index is 1040. The van der Waals surface area contributed by atoms with Crippen LogP contribution >= 0.6 is 0 Å². The highest BCUT2D eigenvalue weighted by atomic mass is 15.3. The van der Waals surface area contributed by atoms with Gasteiger partial charge in [0.2, 0.25) is 0 Å². The van der Waals surface area contributed by atoms with Crippen LogP contribution in [0.15, 0.2) is 49.7 Å². The number of H-pyrrole nitrogens is 1. The molecule has 1 N–H and O–H groups in total. The molecule has 0 aliphatic carbocycles. The number of imidazole rings is 1. The lowest BCUT2D eigenvalue weighted by atomic mass is 10.2. The molecule has 0 spiro atoms. The minimum Gasteiger partial charge on any atom is -0.354 e. The van der Waals surface area contributed by atoms with Gasteiger partial charge in [-0.3, -0.25) is 4.57 Å². The molecule has 1 saturated heterocycles. The molecule has 5 heterocycles. The third-order valence-corrected chi connectivity index (χ3v) is 5.10. The summed E-state index contributed by atoms with van der Waals surface area (Å²) >= 11 is 0. The number of anilines is 2. The van der Waals surface area contributed by atoms with Gasteiger partial charge in [-0.15, -0.1) is 0 Å². The number of aromatic amines is 1. The van der Waals surface area contributed by atoms with E-state index in [0.717, 1.165) is 48.0 Å². The summed E-state index contributed by atoms with van der Waals surface area (Å²) < 4.78 is 1.84. The Kier molecular flexibility index (Phi) is 3.70. The van der Waals surface area contributed by atoms with E-state index in [1.165, 1.54) is 0 Å². The number of hydrogen-bond acceptors (Lipinski definition) is 7. The van der Waals surface area contributed by atoms with E-state index in [9.17, 15) is 0 Å². The van der Waals surface area contributed by atoms with Crippen molar-refractivity contribution in [2.75, 3.05) is 29.9 Å². The molecule has 4 aromatic rings. The lowest BCUT2D eigenvalue weighted by molar-refractivity contribution is 0.682. The molecule has 0 amide bonds. The maximum absolute atomic E-state index is 4.58. The molecule has 1 fully saturated rings. The fourth-order valence-electron chi connectivity index (χ4n) is 3.57. The van der Waals surface area contributed by atoms with Crippen molar-refractivity contribution in [1.82, 2.24) is 34.5 Å². The number of likely N-dealkylation sites (N-methyl/N-ethyl adjacent to an activating group) is 1. The fourth-order valence-corrected chi connectivity index (χ4v) is 3.57. The number of nitrogens with zero attached hydrogens (tertiary/aromatic N) is 8. The van der Waals surface area contributed by atoms with Crippen molar-refractivity contribution in [3.05, 3.63) is 49.7 Å². The zero-order chi connectivity index (χ0) is 18.2. The zero-order valence-electron chi connectivity index (χ0n) is 14.9. The first-order chi connectivity index (χ1) is 13.3. The fraction of sp³-hybridized carbons (Fsp3) is 0.278. The van der Waals surface area contributed by atoms with Crippen LogP contribution in [-0.4, -0.2) is 60.6 Å². The highest BCUT2D eigenvalue weighted by Crippen LogP contribution is 2.27. The van der Waals surface area contributed by atoms with Gasteiger partial charge in [-0.05, 0) is 12.5 Å². The molecule has 9 nitrogen and oxygen atoms in total. The van der Waals surface area contributed by atoms with Gasteiger partial charge < -0.3 is 14.8 Å². The van der Waals surface area contributed by atoms with Gasteiger partial charge in [-0.1, -0.05) is 0 Å². The number of aromatic nitrogens is 7. The zero-order valence-corrected chi connectivity index (χ0v) is 14.9. The summed E-state index contributed by atoms with van der Waals surface area (Å²) in [7, 11) is 2.07. The predicted molar refractivity (Wildman–Crippen MR) is 102 cm³/mol. The summed E-state index contributed by atoms with van der Waals surface area (Å²) in [5.41, 5.74) is 0.873. The van der Waals surface area contributed by atoms with Gasteiger partial charge in [0.1, 0.15) is 29.9 Å². The average molecular weight is 361 g/mol. The SMILES string of the molecule is CN(c1cnc(-n2ccnc2)cn1)C1CCN(c2ncnc3[nH]ccc23)C1. The minimum atomic E-state index is 0.349. The van der Waals surface area contributed by atoms with Crippen molar-refractivity contribution >= 4 is 22.7 Å². The Hall–Kier alpha value is -3.49. The Morgan fingerprint density at radius 3 is 2.96 bits per heavy atom. The molecule has 27 heavy (non-hydrogen) atoms. The van der Waals surface area contributed by atoms with Crippen LogP contribution in [0.5, 0.6) is 0 Å². The highest BCUT2D eigenvalue weighted by molar-refractivity contribution is 5.87. The second-order valence-electron chi connectivity index (χ2n) is 6.64. The number of hydrogen-bond donors (Lipinski definition) is 1. The molecule has 9 heteroatoms. The van der Waals surface area contributed by atoms with Crippen molar-refractivity contribution in [2.24, 2.45) is 0 Å². The summed E-state index contributed by atoms with van der Waals surface area (Å²) in [4.78, 5) is 29.6. The van der Waals surface area contributed by atoms with Gasteiger partial charge in [0.25, 0.3) is 0 Å². The minimum absolute atomic E-state index is 0.349. The molecule has 1 aliphatic rings. The molecule has 136 valence electrons. The lowest BCUT2D eigenvalue weighted by Crippen LogP contribution is -2.35. The van der Waals surface area contributed by atoms with E-state index in [4.69, 9.17) is 0 Å². The number of nitrogens with one attached hydrogen (secondary N) is 1. The Morgan fingerprint density at radius 2 is 2.15 bits per heavy atom. The maximum Gasteiger partial charge on any atom is 0.156 e. The van der Waals surface area contributed by atoms with E-state index in [0.29, 0.717) is 6.04 Å². The van der Waals surface area contributed by atoms with E-state index in [1.807, 2.05) is 29.2 Å². The van der Waals surface area contributed by atoms with E-state index in [1.54, 1.807) is 25.0 Å². The third-order valence-electron chi connectivity index (χ3n) is 5.10. The Labute approximate surface area is 155 Å². The van der Waals surface area contributed by atoms with Crippen LogP contribution in [-0.2, 0) is 0 Å². The second-order valence-corrected chi connectivity index (χ2v) is 6.64. The van der Waals surface area contributed by atoms with Crippen LogP contribution in [0.1, 0.15) is 6.42 Å². The van der Waals surface area contributed by atoms with Crippen molar-refractivity contribution in [2.45, 2.75) is 12.5 Å². The quantitative estimate of drug-likeness (QED) is 0.591. The number of rotatable bonds is 4. The summed E-state index contributed by atoms with van der Waals surface area (Å²) in [5.74, 6) is 2.60. The highest BCUT2D eigenvalue weighted by Gasteiger charge is 2.28. The molecule has 1 aliphatic heterocycles. The summed E-state index contributed by atoms with van der Waals surface area (Å²) in [6.45, 7) is 1.84.